The van der Waals surface area contributed by atoms with E-state index in [-0.39, 0.29) is 11.9 Å². The van der Waals surface area contributed by atoms with Gasteiger partial charge in [-0.2, -0.15) is 0 Å². The monoisotopic (exact) mass is 446 g/mol. The number of nitrogens with zero attached hydrogens (tertiary/aromatic N) is 1. The zero-order chi connectivity index (χ0) is 23.6. The number of carbonyl (C=O) groups is 2. The van der Waals surface area contributed by atoms with E-state index in [1.807, 2.05) is 72.8 Å². The first-order valence-corrected chi connectivity index (χ1v) is 10.9. The lowest BCUT2D eigenvalue weighted by atomic mass is 10.0. The summed E-state index contributed by atoms with van der Waals surface area (Å²) in [5, 5.41) is 7.68. The van der Waals surface area contributed by atoms with Gasteiger partial charge in [0.25, 0.3) is 0 Å². The highest BCUT2D eigenvalue weighted by molar-refractivity contribution is 6.04. The second-order valence-corrected chi connectivity index (χ2v) is 7.82. The zero-order valence-corrected chi connectivity index (χ0v) is 18.4. The highest BCUT2D eigenvalue weighted by atomic mass is 16.2. The number of amides is 2. The number of anilines is 1. The molecule has 0 spiro atoms. The van der Waals surface area contributed by atoms with Crippen molar-refractivity contribution in [2.24, 2.45) is 22.2 Å². The van der Waals surface area contributed by atoms with E-state index in [0.717, 1.165) is 16.3 Å². The van der Waals surface area contributed by atoms with Crippen LogP contribution in [0.2, 0.25) is 0 Å². The third-order valence-corrected chi connectivity index (χ3v) is 5.26. The van der Waals surface area contributed by atoms with Crippen LogP contribution in [0.15, 0.2) is 77.8 Å². The average Bonchev–Trinajstić information content (AvgIpc) is 2.81. The van der Waals surface area contributed by atoms with Crippen LogP contribution in [0.3, 0.4) is 0 Å². The van der Waals surface area contributed by atoms with Gasteiger partial charge >= 0.3 is 0 Å². The number of aliphatic imine (C=N–C) groups is 1. The molecule has 8 nitrogen and oxygen atoms in total. The standard InChI is InChI=1S/C25H30N6O2/c26-20(16-17-8-2-1-3-9-17)23(32)31-22(14-7-15-29-25(27)28)24(33)30-21-13-6-11-18-10-4-5-12-19(18)21/h1-6,8-13,20,22H,7,14-16,26H2,(H,30,33)(H,31,32)(H4,27,28,29)/t20-,22?/m0/s1. The molecule has 0 aliphatic carbocycles. The van der Waals surface area contributed by atoms with Gasteiger partial charge in [-0.3, -0.25) is 14.6 Å². The molecule has 0 radical (unpaired) electrons. The van der Waals surface area contributed by atoms with Crippen LogP contribution in [-0.2, 0) is 16.0 Å². The Morgan fingerprint density at radius 3 is 2.33 bits per heavy atom. The summed E-state index contributed by atoms with van der Waals surface area (Å²) in [6, 6.07) is 21.4. The van der Waals surface area contributed by atoms with Crippen molar-refractivity contribution in [2.75, 3.05) is 11.9 Å². The highest BCUT2D eigenvalue weighted by Crippen LogP contribution is 2.23. The molecule has 0 fully saturated rings. The molecule has 0 bridgehead atoms. The predicted octanol–water partition coefficient (Wildman–Crippen LogP) is 1.89. The van der Waals surface area contributed by atoms with Crippen LogP contribution in [0.4, 0.5) is 5.69 Å². The number of carbonyl (C=O) groups excluding carboxylic acids is 2. The van der Waals surface area contributed by atoms with E-state index in [1.165, 1.54) is 0 Å². The maximum absolute atomic E-state index is 13.1. The Bertz CT molecular complexity index is 1110. The molecule has 8 N–H and O–H groups in total. The van der Waals surface area contributed by atoms with Gasteiger partial charge in [-0.15, -0.1) is 0 Å². The number of hydrogen-bond acceptors (Lipinski definition) is 4. The van der Waals surface area contributed by atoms with E-state index in [0.29, 0.717) is 31.5 Å². The first-order valence-electron chi connectivity index (χ1n) is 10.9. The van der Waals surface area contributed by atoms with E-state index in [2.05, 4.69) is 15.6 Å². The summed E-state index contributed by atoms with van der Waals surface area (Å²) in [5.74, 6) is -0.726. The molecule has 3 aromatic rings. The lowest BCUT2D eigenvalue weighted by molar-refractivity contribution is -0.127. The van der Waals surface area contributed by atoms with Gasteiger partial charge in [0.15, 0.2) is 5.96 Å². The molecule has 0 aliphatic rings. The Labute approximate surface area is 193 Å². The minimum Gasteiger partial charge on any atom is -0.370 e. The molecule has 3 aromatic carbocycles. The summed E-state index contributed by atoms with van der Waals surface area (Å²) in [6.45, 7) is 0.353. The van der Waals surface area contributed by atoms with Crippen LogP contribution in [0.1, 0.15) is 18.4 Å². The van der Waals surface area contributed by atoms with Crippen LogP contribution < -0.4 is 27.8 Å². The van der Waals surface area contributed by atoms with Crippen molar-refractivity contribution in [2.45, 2.75) is 31.3 Å². The quantitative estimate of drug-likeness (QED) is 0.183. The number of hydrogen-bond donors (Lipinski definition) is 5. The van der Waals surface area contributed by atoms with Crippen molar-refractivity contribution in [3.63, 3.8) is 0 Å². The number of rotatable bonds is 10. The molecule has 172 valence electrons. The van der Waals surface area contributed by atoms with Crippen molar-refractivity contribution in [3.05, 3.63) is 78.4 Å². The van der Waals surface area contributed by atoms with E-state index in [1.54, 1.807) is 0 Å². The number of benzene rings is 3. The molecule has 8 heteroatoms. The number of guanidine groups is 1. The second-order valence-electron chi connectivity index (χ2n) is 7.82. The first kappa shape index (κ1) is 23.7. The second kappa shape index (κ2) is 11.6. The average molecular weight is 447 g/mol. The van der Waals surface area contributed by atoms with Crippen molar-refractivity contribution in [1.29, 1.82) is 0 Å². The Hall–Kier alpha value is -3.91. The molecule has 1 unspecified atom stereocenters. The maximum atomic E-state index is 13.1. The van der Waals surface area contributed by atoms with E-state index >= 15 is 0 Å². The highest BCUT2D eigenvalue weighted by Gasteiger charge is 2.24. The third-order valence-electron chi connectivity index (χ3n) is 5.26. The summed E-state index contributed by atoms with van der Waals surface area (Å²) >= 11 is 0. The summed E-state index contributed by atoms with van der Waals surface area (Å²) < 4.78 is 0. The molecule has 0 aromatic heterocycles. The van der Waals surface area contributed by atoms with Crippen molar-refractivity contribution < 1.29 is 9.59 Å². The third kappa shape index (κ3) is 7.05. The van der Waals surface area contributed by atoms with E-state index in [4.69, 9.17) is 17.2 Å². The molecule has 0 saturated heterocycles. The van der Waals surface area contributed by atoms with Crippen LogP contribution in [-0.4, -0.2) is 36.4 Å². The molecule has 0 heterocycles. The van der Waals surface area contributed by atoms with Crippen LogP contribution in [0, 0.1) is 0 Å². The Morgan fingerprint density at radius 2 is 1.58 bits per heavy atom. The Balaban J connectivity index is 1.71. The lowest BCUT2D eigenvalue weighted by Crippen LogP contribution is -2.50. The van der Waals surface area contributed by atoms with Gasteiger partial charge < -0.3 is 27.8 Å². The maximum Gasteiger partial charge on any atom is 0.246 e. The van der Waals surface area contributed by atoms with Crippen molar-refractivity contribution >= 4 is 34.2 Å². The summed E-state index contributed by atoms with van der Waals surface area (Å²) in [5.41, 5.74) is 18.5. The molecule has 3 rings (SSSR count). The fourth-order valence-corrected chi connectivity index (χ4v) is 3.57. The minimum atomic E-state index is -0.785. The molecular formula is C25H30N6O2. The Kier molecular flexibility index (Phi) is 8.37. The molecule has 0 aliphatic heterocycles. The van der Waals surface area contributed by atoms with Crippen molar-refractivity contribution in [3.8, 4) is 0 Å². The normalized spacial score (nSPS) is 12.5. The van der Waals surface area contributed by atoms with Crippen LogP contribution >= 0.6 is 0 Å². The van der Waals surface area contributed by atoms with Gasteiger partial charge in [-0.1, -0.05) is 66.7 Å². The first-order chi connectivity index (χ1) is 15.9. The molecule has 33 heavy (non-hydrogen) atoms. The molecule has 2 atom stereocenters. The summed E-state index contributed by atoms with van der Waals surface area (Å²) in [7, 11) is 0. The van der Waals surface area contributed by atoms with E-state index < -0.39 is 18.0 Å². The van der Waals surface area contributed by atoms with Gasteiger partial charge in [0, 0.05) is 17.6 Å². The molecule has 2 amide bonds. The largest absolute Gasteiger partial charge is 0.370 e. The number of fused-ring (bicyclic) bond motifs is 1. The number of nitrogens with two attached hydrogens (primary N) is 3. The topological polar surface area (TPSA) is 149 Å². The summed E-state index contributed by atoms with van der Waals surface area (Å²) in [4.78, 5) is 29.9. The SMILES string of the molecule is NC(N)=NCCCC(NC(=O)[C@@H](N)Cc1ccccc1)C(=O)Nc1cccc2ccccc12. The smallest absolute Gasteiger partial charge is 0.246 e. The fourth-order valence-electron chi connectivity index (χ4n) is 3.57. The predicted molar refractivity (Wildman–Crippen MR) is 133 cm³/mol. The van der Waals surface area contributed by atoms with Gasteiger partial charge in [0.2, 0.25) is 11.8 Å². The van der Waals surface area contributed by atoms with E-state index in [9.17, 15) is 9.59 Å². The Morgan fingerprint density at radius 1 is 0.879 bits per heavy atom. The van der Waals surface area contributed by atoms with Gasteiger partial charge in [0.05, 0.1) is 6.04 Å². The number of nitrogens with one attached hydrogen (secondary N) is 2. The molecular weight excluding hydrogens is 416 g/mol. The fraction of sp³-hybridized carbons (Fsp3) is 0.240. The summed E-state index contributed by atoms with van der Waals surface area (Å²) in [6.07, 6.45) is 1.25. The molecule has 0 saturated carbocycles. The lowest BCUT2D eigenvalue weighted by Gasteiger charge is -2.21. The van der Waals surface area contributed by atoms with Crippen molar-refractivity contribution in [1.82, 2.24) is 5.32 Å². The minimum absolute atomic E-state index is 0.0133. The van der Waals surface area contributed by atoms with Gasteiger partial charge in [-0.05, 0) is 36.3 Å². The van der Waals surface area contributed by atoms with Gasteiger partial charge in [0.1, 0.15) is 6.04 Å². The zero-order valence-electron chi connectivity index (χ0n) is 18.4. The van der Waals surface area contributed by atoms with Crippen LogP contribution in [0.5, 0.6) is 0 Å². The van der Waals surface area contributed by atoms with Crippen LogP contribution in [0.25, 0.3) is 10.8 Å². The van der Waals surface area contributed by atoms with Gasteiger partial charge in [-0.25, -0.2) is 0 Å².